The van der Waals surface area contributed by atoms with Crippen molar-refractivity contribution < 1.29 is 14.6 Å². The molecule has 0 radical (unpaired) electrons. The van der Waals surface area contributed by atoms with Gasteiger partial charge in [-0.15, -0.1) is 0 Å². The smallest absolute Gasteiger partial charge is 0.333 e. The highest BCUT2D eigenvalue weighted by atomic mass is 16.5. The van der Waals surface area contributed by atoms with Gasteiger partial charge in [0.1, 0.15) is 0 Å². The van der Waals surface area contributed by atoms with Gasteiger partial charge in [0.2, 0.25) is 0 Å². The molecule has 2 aromatic carbocycles. The third-order valence-corrected chi connectivity index (χ3v) is 3.24. The number of ether oxygens (including phenoxy) is 1. The maximum Gasteiger partial charge on any atom is 0.333 e. The molecule has 1 unspecified atom stereocenters. The summed E-state index contributed by atoms with van der Waals surface area (Å²) in [7, 11) is 0. The van der Waals surface area contributed by atoms with Crippen LogP contribution in [0.25, 0.3) is 10.8 Å². The van der Waals surface area contributed by atoms with Crippen molar-refractivity contribution in [2.45, 2.75) is 33.5 Å². The molecular weight excluding hydrogens is 252 g/mol. The van der Waals surface area contributed by atoms with Crippen LogP contribution in [0.1, 0.15) is 26.3 Å². The molecule has 0 aliphatic rings. The molecular formula is C17H20O3. The van der Waals surface area contributed by atoms with Gasteiger partial charge in [-0.25, -0.2) is 4.79 Å². The normalized spacial score (nSPS) is 13.3. The molecule has 106 valence electrons. The van der Waals surface area contributed by atoms with Gasteiger partial charge in [0, 0.05) is 0 Å². The van der Waals surface area contributed by atoms with E-state index in [2.05, 4.69) is 6.07 Å². The highest BCUT2D eigenvalue weighted by molar-refractivity contribution is 5.83. The van der Waals surface area contributed by atoms with Crippen molar-refractivity contribution in [2.75, 3.05) is 0 Å². The van der Waals surface area contributed by atoms with Crippen LogP contribution < -0.4 is 0 Å². The van der Waals surface area contributed by atoms with E-state index in [0.29, 0.717) is 6.61 Å². The summed E-state index contributed by atoms with van der Waals surface area (Å²) >= 11 is 0. The second kappa shape index (κ2) is 5.63. The zero-order chi connectivity index (χ0) is 14.8. The Bertz CT molecular complexity index is 611. The summed E-state index contributed by atoms with van der Waals surface area (Å²) in [6.07, 6.45) is -0.811. The maximum absolute atomic E-state index is 11.3. The van der Waals surface area contributed by atoms with Gasteiger partial charge in [-0.3, -0.25) is 0 Å². The second-order valence-electron chi connectivity index (χ2n) is 6.08. The molecule has 3 nitrogen and oxygen atoms in total. The Morgan fingerprint density at radius 3 is 2.40 bits per heavy atom. The lowest BCUT2D eigenvalue weighted by Crippen LogP contribution is -2.36. The molecule has 0 spiro atoms. The van der Waals surface area contributed by atoms with Crippen LogP contribution in [-0.2, 0) is 16.1 Å². The fourth-order valence-electron chi connectivity index (χ4n) is 2.20. The van der Waals surface area contributed by atoms with Crippen LogP contribution in [0.4, 0.5) is 0 Å². The van der Waals surface area contributed by atoms with E-state index in [-0.39, 0.29) is 0 Å². The lowest BCUT2D eigenvalue weighted by Gasteiger charge is -2.27. The number of carboxylic acid groups (broad SMARTS) is 1. The molecule has 0 bridgehead atoms. The molecule has 0 saturated carbocycles. The molecule has 1 atom stereocenters. The summed E-state index contributed by atoms with van der Waals surface area (Å²) in [6.45, 7) is 5.91. The molecule has 0 aliphatic carbocycles. The number of benzene rings is 2. The largest absolute Gasteiger partial charge is 0.479 e. The quantitative estimate of drug-likeness (QED) is 0.919. The summed E-state index contributed by atoms with van der Waals surface area (Å²) in [4.78, 5) is 11.3. The Labute approximate surface area is 119 Å². The molecule has 2 rings (SSSR count). The molecule has 0 amide bonds. The lowest BCUT2D eigenvalue weighted by atomic mass is 9.89. The van der Waals surface area contributed by atoms with E-state index >= 15 is 0 Å². The van der Waals surface area contributed by atoms with Crippen LogP contribution in [0.3, 0.4) is 0 Å². The minimum atomic E-state index is -0.918. The minimum Gasteiger partial charge on any atom is -0.479 e. The molecule has 3 heteroatoms. The van der Waals surface area contributed by atoms with Crippen LogP contribution in [0.15, 0.2) is 42.5 Å². The third kappa shape index (κ3) is 3.36. The van der Waals surface area contributed by atoms with Gasteiger partial charge in [-0.1, -0.05) is 57.2 Å². The molecule has 2 aromatic rings. The first kappa shape index (κ1) is 14.5. The van der Waals surface area contributed by atoms with Gasteiger partial charge in [-0.2, -0.15) is 0 Å². The number of rotatable bonds is 4. The van der Waals surface area contributed by atoms with E-state index in [1.807, 2.05) is 57.2 Å². The van der Waals surface area contributed by atoms with Crippen LogP contribution in [-0.4, -0.2) is 17.2 Å². The van der Waals surface area contributed by atoms with E-state index in [1.54, 1.807) is 0 Å². The maximum atomic E-state index is 11.3. The average Bonchev–Trinajstić information content (AvgIpc) is 2.36. The van der Waals surface area contributed by atoms with Gasteiger partial charge in [0.25, 0.3) is 0 Å². The fraction of sp³-hybridized carbons (Fsp3) is 0.353. The number of fused-ring (bicyclic) bond motifs is 1. The Morgan fingerprint density at radius 1 is 1.15 bits per heavy atom. The highest BCUT2D eigenvalue weighted by Gasteiger charge is 2.32. The first-order valence-electron chi connectivity index (χ1n) is 6.70. The SMILES string of the molecule is CC(C)(C)C(OCc1ccc2ccccc2c1)C(=O)O. The molecule has 0 aliphatic heterocycles. The van der Waals surface area contributed by atoms with Crippen LogP contribution in [0.5, 0.6) is 0 Å². The Hall–Kier alpha value is -1.87. The standard InChI is InChI=1S/C17H20O3/c1-17(2,3)15(16(18)19)20-11-12-8-9-13-6-4-5-7-14(13)10-12/h4-10,15H,11H2,1-3H3,(H,18,19). The van der Waals surface area contributed by atoms with Gasteiger partial charge < -0.3 is 9.84 Å². The zero-order valence-corrected chi connectivity index (χ0v) is 12.1. The van der Waals surface area contributed by atoms with Crippen LogP contribution in [0.2, 0.25) is 0 Å². The number of aliphatic carboxylic acids is 1. The first-order chi connectivity index (χ1) is 9.38. The molecule has 0 aromatic heterocycles. The Kier molecular flexibility index (Phi) is 4.09. The van der Waals surface area contributed by atoms with Gasteiger partial charge >= 0.3 is 5.97 Å². The molecule has 1 N–H and O–H groups in total. The van der Waals surface area contributed by atoms with E-state index in [1.165, 1.54) is 5.39 Å². The molecule has 0 heterocycles. The van der Waals surface area contributed by atoms with Crippen LogP contribution in [0, 0.1) is 5.41 Å². The molecule has 0 saturated heterocycles. The van der Waals surface area contributed by atoms with Crippen LogP contribution >= 0.6 is 0 Å². The van der Waals surface area contributed by atoms with E-state index in [0.717, 1.165) is 10.9 Å². The van der Waals surface area contributed by atoms with E-state index < -0.39 is 17.5 Å². The Morgan fingerprint density at radius 2 is 1.80 bits per heavy atom. The van der Waals surface area contributed by atoms with Crippen molar-refractivity contribution in [3.8, 4) is 0 Å². The zero-order valence-electron chi connectivity index (χ0n) is 12.1. The second-order valence-corrected chi connectivity index (χ2v) is 6.08. The monoisotopic (exact) mass is 272 g/mol. The summed E-state index contributed by atoms with van der Waals surface area (Å²) < 4.78 is 5.60. The van der Waals surface area contributed by atoms with Crippen molar-refractivity contribution in [3.05, 3.63) is 48.0 Å². The average molecular weight is 272 g/mol. The number of hydrogen-bond donors (Lipinski definition) is 1. The number of carbonyl (C=O) groups is 1. The van der Waals surface area contributed by atoms with Gasteiger partial charge in [0.15, 0.2) is 6.10 Å². The first-order valence-corrected chi connectivity index (χ1v) is 6.70. The fourth-order valence-corrected chi connectivity index (χ4v) is 2.20. The van der Waals surface area contributed by atoms with Crippen molar-refractivity contribution in [1.29, 1.82) is 0 Å². The summed E-state index contributed by atoms with van der Waals surface area (Å²) in [5.74, 6) is -0.918. The van der Waals surface area contributed by atoms with Crippen molar-refractivity contribution in [3.63, 3.8) is 0 Å². The molecule has 20 heavy (non-hydrogen) atoms. The third-order valence-electron chi connectivity index (χ3n) is 3.24. The topological polar surface area (TPSA) is 46.5 Å². The lowest BCUT2D eigenvalue weighted by molar-refractivity contribution is -0.159. The molecule has 0 fully saturated rings. The summed E-state index contributed by atoms with van der Waals surface area (Å²) in [5, 5.41) is 11.5. The number of hydrogen-bond acceptors (Lipinski definition) is 2. The predicted octanol–water partition coefficient (Wildman–Crippen LogP) is 3.86. The predicted molar refractivity (Wildman–Crippen MR) is 79.6 cm³/mol. The summed E-state index contributed by atoms with van der Waals surface area (Å²) in [5.41, 5.74) is 0.557. The van der Waals surface area contributed by atoms with Crippen molar-refractivity contribution in [2.24, 2.45) is 5.41 Å². The Balaban J connectivity index is 2.14. The van der Waals surface area contributed by atoms with Gasteiger partial charge in [-0.05, 0) is 27.8 Å². The van der Waals surface area contributed by atoms with E-state index in [4.69, 9.17) is 4.74 Å². The van der Waals surface area contributed by atoms with Gasteiger partial charge in [0.05, 0.1) is 6.61 Å². The minimum absolute atomic E-state index is 0.305. The number of carboxylic acids is 1. The van der Waals surface area contributed by atoms with Crippen molar-refractivity contribution >= 4 is 16.7 Å². The summed E-state index contributed by atoms with van der Waals surface area (Å²) in [6, 6.07) is 14.1. The van der Waals surface area contributed by atoms with E-state index in [9.17, 15) is 9.90 Å². The van der Waals surface area contributed by atoms with Crippen molar-refractivity contribution in [1.82, 2.24) is 0 Å². The highest BCUT2D eigenvalue weighted by Crippen LogP contribution is 2.24.